The van der Waals surface area contributed by atoms with Crippen LogP contribution in [0.3, 0.4) is 0 Å². The van der Waals surface area contributed by atoms with Crippen LogP contribution in [-0.2, 0) is 65.4 Å². The van der Waals surface area contributed by atoms with Crippen molar-refractivity contribution in [1.82, 2.24) is 0 Å². The molecule has 0 aromatic rings. The molecular weight excluding hydrogens is 1330 g/mol. The highest BCUT2D eigenvalue weighted by Crippen LogP contribution is 2.45. The van der Waals surface area contributed by atoms with E-state index in [-0.39, 0.29) is 25.7 Å². The summed E-state index contributed by atoms with van der Waals surface area (Å²) >= 11 is 0. The van der Waals surface area contributed by atoms with Gasteiger partial charge in [-0.05, 0) is 43.4 Å². The average molecular weight is 1490 g/mol. The molecule has 5 atom stereocenters. The summed E-state index contributed by atoms with van der Waals surface area (Å²) in [5, 5.41) is 10.7. The maximum Gasteiger partial charge on any atom is 0.472 e. The van der Waals surface area contributed by atoms with Gasteiger partial charge in [0.1, 0.15) is 19.3 Å². The molecule has 3 N–H and O–H groups in total. The summed E-state index contributed by atoms with van der Waals surface area (Å²) in [6, 6.07) is 0. The zero-order chi connectivity index (χ0) is 75.1. The van der Waals surface area contributed by atoms with Crippen molar-refractivity contribution in [2.75, 3.05) is 39.6 Å². The Morgan fingerprint density at radius 3 is 0.667 bits per heavy atom. The number of hydrogen-bond donors (Lipinski definition) is 3. The zero-order valence-electron chi connectivity index (χ0n) is 67.1. The van der Waals surface area contributed by atoms with E-state index in [2.05, 4.69) is 48.5 Å². The topological polar surface area (TPSA) is 237 Å². The Hall–Kier alpha value is -1.94. The molecule has 19 heteroatoms. The molecule has 0 aliphatic heterocycles. The molecular formula is C83H162O17P2. The van der Waals surface area contributed by atoms with E-state index in [4.69, 9.17) is 37.0 Å². The van der Waals surface area contributed by atoms with Crippen LogP contribution in [0.2, 0.25) is 0 Å². The lowest BCUT2D eigenvalue weighted by Gasteiger charge is -2.21. The quantitative estimate of drug-likeness (QED) is 0.0222. The molecule has 17 nitrogen and oxygen atoms in total. The highest BCUT2D eigenvalue weighted by atomic mass is 31.2. The minimum Gasteiger partial charge on any atom is -0.462 e. The number of hydrogen-bond acceptors (Lipinski definition) is 15. The fourth-order valence-electron chi connectivity index (χ4n) is 12.8. The number of carbonyl (C=O) groups is 4. The molecule has 0 rings (SSSR count). The number of esters is 4. The van der Waals surface area contributed by atoms with Crippen LogP contribution in [0.5, 0.6) is 0 Å². The molecule has 0 bridgehead atoms. The van der Waals surface area contributed by atoms with Gasteiger partial charge in [0.15, 0.2) is 12.2 Å². The number of rotatable bonds is 81. The van der Waals surface area contributed by atoms with Crippen molar-refractivity contribution < 1.29 is 80.2 Å². The molecule has 0 aromatic heterocycles. The Morgan fingerprint density at radius 2 is 0.451 bits per heavy atom. The maximum absolute atomic E-state index is 13.1. The Kier molecular flexibility index (Phi) is 71.8. The van der Waals surface area contributed by atoms with Gasteiger partial charge in [-0.15, -0.1) is 0 Å². The predicted molar refractivity (Wildman–Crippen MR) is 418 cm³/mol. The summed E-state index contributed by atoms with van der Waals surface area (Å²) in [4.78, 5) is 73.1. The number of ether oxygens (including phenoxy) is 4. The van der Waals surface area contributed by atoms with Crippen LogP contribution in [0.25, 0.3) is 0 Å². The summed E-state index contributed by atoms with van der Waals surface area (Å²) in [7, 11) is -9.92. The standard InChI is InChI=1S/C83H162O17P2/c1-8-9-10-11-12-13-14-15-18-26-31-36-45-52-59-66-83(88)100-79(71-94-81(86)65-58-51-44-39-38-42-49-56-63-76(6)7)73-98-102(91,92)96-69-77(84)68-95-101(89,90)97-72-78(70-93-80(85)64-57-50-43-35-30-25-22-21-24-29-34-41-48-55-62-75(4)5)99-82(87)67-60-53-46-37-32-27-20-17-16-19-23-28-33-40-47-54-61-74(2)3/h74-79,84H,8-73H2,1-7H3,(H,89,90)(H,91,92)/t77-,78-,79-/m1/s1. The third-order valence-corrected chi connectivity index (χ3v) is 21.3. The lowest BCUT2D eigenvalue weighted by atomic mass is 10.0. The summed E-state index contributed by atoms with van der Waals surface area (Å²) in [6.45, 7) is 12.0. The predicted octanol–water partition coefficient (Wildman–Crippen LogP) is 24.9. The summed E-state index contributed by atoms with van der Waals surface area (Å²) < 4.78 is 68.8. The second-order valence-electron chi connectivity index (χ2n) is 31.3. The fourth-order valence-corrected chi connectivity index (χ4v) is 14.4. The third-order valence-electron chi connectivity index (χ3n) is 19.4. The molecule has 102 heavy (non-hydrogen) atoms. The highest BCUT2D eigenvalue weighted by Gasteiger charge is 2.30. The molecule has 0 heterocycles. The first-order valence-corrected chi connectivity index (χ1v) is 45.8. The minimum absolute atomic E-state index is 0.108. The SMILES string of the molecule is CCCCCCCCCCCCCCCCCC(=O)O[C@H](COC(=O)CCCCCCCCCCC(C)C)COP(=O)(O)OC[C@H](O)COP(=O)(O)OC[C@@H](COC(=O)CCCCCCCCCCCCCCCCC(C)C)OC(=O)CCCCCCCCCCCCCCCCCCC(C)C. The first kappa shape index (κ1) is 100. The monoisotopic (exact) mass is 1490 g/mol. The number of carbonyl (C=O) groups excluding carboxylic acids is 4. The Bertz CT molecular complexity index is 1970. The molecule has 0 radical (unpaired) electrons. The average Bonchev–Trinajstić information content (AvgIpc) is 0.916. The molecule has 0 fully saturated rings. The van der Waals surface area contributed by atoms with E-state index < -0.39 is 97.5 Å². The Labute approximate surface area is 626 Å². The number of phosphoric ester groups is 2. The van der Waals surface area contributed by atoms with E-state index in [9.17, 15) is 43.2 Å². The second-order valence-corrected chi connectivity index (χ2v) is 34.2. The van der Waals surface area contributed by atoms with Crippen molar-refractivity contribution in [2.24, 2.45) is 17.8 Å². The molecule has 2 unspecified atom stereocenters. The van der Waals surface area contributed by atoms with Gasteiger partial charge in [0, 0.05) is 25.7 Å². The highest BCUT2D eigenvalue weighted by molar-refractivity contribution is 7.47. The molecule has 0 aliphatic carbocycles. The van der Waals surface area contributed by atoms with Crippen molar-refractivity contribution in [2.45, 2.75) is 452 Å². The van der Waals surface area contributed by atoms with Crippen molar-refractivity contribution in [1.29, 1.82) is 0 Å². The van der Waals surface area contributed by atoms with Crippen molar-refractivity contribution in [3.05, 3.63) is 0 Å². The summed E-state index contributed by atoms with van der Waals surface area (Å²) in [5.41, 5.74) is 0. The largest absolute Gasteiger partial charge is 0.472 e. The van der Waals surface area contributed by atoms with Crippen molar-refractivity contribution in [3.8, 4) is 0 Å². The summed E-state index contributed by atoms with van der Waals surface area (Å²) in [6.07, 6.45) is 62.4. The van der Waals surface area contributed by atoms with E-state index in [1.165, 1.54) is 244 Å². The molecule has 606 valence electrons. The smallest absolute Gasteiger partial charge is 0.462 e. The number of unbranched alkanes of at least 4 members (excludes halogenated alkanes) is 49. The van der Waals surface area contributed by atoms with E-state index in [1.807, 2.05) is 0 Å². The van der Waals surface area contributed by atoms with Crippen LogP contribution in [0.1, 0.15) is 434 Å². The second kappa shape index (κ2) is 73.2. The van der Waals surface area contributed by atoms with Gasteiger partial charge in [0.2, 0.25) is 0 Å². The van der Waals surface area contributed by atoms with Gasteiger partial charge in [-0.1, -0.05) is 382 Å². The summed E-state index contributed by atoms with van der Waals surface area (Å²) in [5.74, 6) is 0.228. The normalized spacial score (nSPS) is 13.9. The third kappa shape index (κ3) is 76.3. The van der Waals surface area contributed by atoms with Gasteiger partial charge >= 0.3 is 39.5 Å². The van der Waals surface area contributed by atoms with Crippen LogP contribution in [0.4, 0.5) is 0 Å². The Balaban J connectivity index is 5.25. The van der Waals surface area contributed by atoms with Gasteiger partial charge in [-0.2, -0.15) is 0 Å². The van der Waals surface area contributed by atoms with Crippen LogP contribution >= 0.6 is 15.6 Å². The van der Waals surface area contributed by atoms with E-state index in [0.717, 1.165) is 108 Å². The lowest BCUT2D eigenvalue weighted by Crippen LogP contribution is -2.30. The first-order chi connectivity index (χ1) is 49.2. The van der Waals surface area contributed by atoms with Crippen LogP contribution in [-0.4, -0.2) is 96.7 Å². The van der Waals surface area contributed by atoms with Gasteiger partial charge in [-0.3, -0.25) is 37.3 Å². The van der Waals surface area contributed by atoms with Crippen LogP contribution in [0, 0.1) is 17.8 Å². The minimum atomic E-state index is -4.96. The van der Waals surface area contributed by atoms with E-state index in [1.54, 1.807) is 0 Å². The van der Waals surface area contributed by atoms with Crippen LogP contribution in [0.15, 0.2) is 0 Å². The maximum atomic E-state index is 13.1. The van der Waals surface area contributed by atoms with Crippen molar-refractivity contribution in [3.63, 3.8) is 0 Å². The molecule has 0 saturated carbocycles. The number of aliphatic hydroxyl groups excluding tert-OH is 1. The molecule has 0 saturated heterocycles. The number of phosphoric acid groups is 2. The molecule has 0 aromatic carbocycles. The van der Waals surface area contributed by atoms with Gasteiger partial charge in [0.25, 0.3) is 0 Å². The van der Waals surface area contributed by atoms with Crippen LogP contribution < -0.4 is 0 Å². The number of aliphatic hydroxyl groups is 1. The van der Waals surface area contributed by atoms with Gasteiger partial charge in [0.05, 0.1) is 26.4 Å². The van der Waals surface area contributed by atoms with Gasteiger partial charge in [-0.25, -0.2) is 9.13 Å². The lowest BCUT2D eigenvalue weighted by molar-refractivity contribution is -0.161. The first-order valence-electron chi connectivity index (χ1n) is 42.8. The zero-order valence-corrected chi connectivity index (χ0v) is 68.9. The molecule has 0 aliphatic rings. The molecule has 0 amide bonds. The van der Waals surface area contributed by atoms with Gasteiger partial charge < -0.3 is 33.8 Å². The molecule has 0 spiro atoms. The van der Waals surface area contributed by atoms with E-state index in [0.29, 0.717) is 25.7 Å². The fraction of sp³-hybridized carbons (Fsp3) is 0.952. The van der Waals surface area contributed by atoms with Crippen molar-refractivity contribution >= 4 is 39.5 Å². The Morgan fingerprint density at radius 1 is 0.265 bits per heavy atom. The van der Waals surface area contributed by atoms with E-state index >= 15 is 0 Å².